The van der Waals surface area contributed by atoms with E-state index in [-0.39, 0.29) is 17.3 Å². The normalized spacial score (nSPS) is 28.6. The number of nitrogens with zero attached hydrogens (tertiary/aromatic N) is 3. The molecule has 4 nitrogen and oxygen atoms in total. The Balaban J connectivity index is 2.30. The Morgan fingerprint density at radius 1 is 1.18 bits per heavy atom. The monoisotopic (exact) mass is 390 g/mol. The molecule has 0 saturated carbocycles. The number of hydrogen-bond acceptors (Lipinski definition) is 4. The van der Waals surface area contributed by atoms with Crippen LogP contribution in [0.15, 0.2) is 47.6 Å². The number of hydrogen-bond donors (Lipinski definition) is 1. The Kier molecular flexibility index (Phi) is 5.12. The smallest absolute Gasteiger partial charge is 0.170 e. The van der Waals surface area contributed by atoms with Crippen molar-refractivity contribution in [2.24, 2.45) is 28.4 Å². The fourth-order valence-electron chi connectivity index (χ4n) is 4.62. The molecule has 28 heavy (non-hydrogen) atoms. The molecule has 2 N–H and O–H groups in total. The van der Waals surface area contributed by atoms with E-state index < -0.39 is 17.4 Å². The maximum Gasteiger partial charge on any atom is 0.170 e. The van der Waals surface area contributed by atoms with E-state index in [1.165, 1.54) is 0 Å². The van der Waals surface area contributed by atoms with E-state index in [2.05, 4.69) is 45.1 Å². The highest BCUT2D eigenvalue weighted by atomic mass is 35.5. The van der Waals surface area contributed by atoms with E-state index in [0.29, 0.717) is 10.6 Å². The van der Waals surface area contributed by atoms with Gasteiger partial charge < -0.3 is 5.73 Å². The number of nitriles is 3. The number of nitrogens with two attached hydrogens (primary N) is 1. The van der Waals surface area contributed by atoms with Crippen LogP contribution in [0.25, 0.3) is 0 Å². The molecule has 2 aliphatic carbocycles. The second-order valence-electron chi connectivity index (χ2n) is 8.76. The van der Waals surface area contributed by atoms with Gasteiger partial charge in [0, 0.05) is 10.9 Å². The van der Waals surface area contributed by atoms with Crippen LogP contribution < -0.4 is 5.73 Å². The van der Waals surface area contributed by atoms with Crippen LogP contribution in [0.3, 0.4) is 0 Å². The SMILES string of the molecule is CC(C)(C)C1C=CC2=C(C#N)C(N)C(C#N)(C#N)[C@@H](c3cccc(Cl)c3)[C@@H]2C1. The molecular weight excluding hydrogens is 368 g/mol. The first-order valence-electron chi connectivity index (χ1n) is 9.35. The van der Waals surface area contributed by atoms with Crippen molar-refractivity contribution in [1.29, 1.82) is 15.8 Å². The zero-order valence-electron chi connectivity index (χ0n) is 16.3. The van der Waals surface area contributed by atoms with E-state index in [0.717, 1.165) is 17.6 Å². The maximum absolute atomic E-state index is 10.1. The van der Waals surface area contributed by atoms with Gasteiger partial charge in [0.2, 0.25) is 0 Å². The minimum atomic E-state index is -1.53. The molecular formula is C23H23ClN4. The van der Waals surface area contributed by atoms with Crippen LogP contribution in [0.4, 0.5) is 0 Å². The van der Waals surface area contributed by atoms with Gasteiger partial charge in [0.15, 0.2) is 5.41 Å². The Hall–Kier alpha value is -2.58. The Bertz CT molecular complexity index is 964. The van der Waals surface area contributed by atoms with E-state index in [9.17, 15) is 15.8 Å². The summed E-state index contributed by atoms with van der Waals surface area (Å²) in [6.45, 7) is 6.52. The van der Waals surface area contributed by atoms with E-state index in [4.69, 9.17) is 17.3 Å². The van der Waals surface area contributed by atoms with Crippen LogP contribution in [0.2, 0.25) is 5.02 Å². The molecule has 2 aliphatic rings. The number of fused-ring (bicyclic) bond motifs is 1. The third-order valence-electron chi connectivity index (χ3n) is 6.23. The van der Waals surface area contributed by atoms with Gasteiger partial charge in [-0.2, -0.15) is 15.8 Å². The molecule has 0 bridgehead atoms. The van der Waals surface area contributed by atoms with Crippen molar-refractivity contribution in [3.63, 3.8) is 0 Å². The summed E-state index contributed by atoms with van der Waals surface area (Å²) in [5.41, 5.74) is 6.89. The number of halogens is 1. The van der Waals surface area contributed by atoms with Crippen molar-refractivity contribution >= 4 is 11.6 Å². The van der Waals surface area contributed by atoms with Gasteiger partial charge in [0.05, 0.1) is 29.8 Å². The van der Waals surface area contributed by atoms with Crippen molar-refractivity contribution in [2.45, 2.75) is 39.2 Å². The summed E-state index contributed by atoms with van der Waals surface area (Å²) >= 11 is 6.24. The summed E-state index contributed by atoms with van der Waals surface area (Å²) < 4.78 is 0. The fourth-order valence-corrected chi connectivity index (χ4v) is 4.82. The van der Waals surface area contributed by atoms with Gasteiger partial charge in [-0.1, -0.05) is 56.7 Å². The van der Waals surface area contributed by atoms with Gasteiger partial charge in [-0.25, -0.2) is 0 Å². The van der Waals surface area contributed by atoms with Gasteiger partial charge in [0.25, 0.3) is 0 Å². The highest BCUT2D eigenvalue weighted by Crippen LogP contribution is 2.56. The molecule has 0 amide bonds. The largest absolute Gasteiger partial charge is 0.321 e. The molecule has 1 aromatic rings. The zero-order chi connectivity index (χ0) is 20.7. The maximum atomic E-state index is 10.1. The molecule has 3 rings (SSSR count). The predicted octanol–water partition coefficient (Wildman–Crippen LogP) is 4.86. The van der Waals surface area contributed by atoms with Crippen LogP contribution in [0.1, 0.15) is 38.7 Å². The summed E-state index contributed by atoms with van der Waals surface area (Å²) in [7, 11) is 0. The number of rotatable bonds is 1. The summed E-state index contributed by atoms with van der Waals surface area (Å²) in [6.07, 6.45) is 4.87. The lowest BCUT2D eigenvalue weighted by Gasteiger charge is -2.48. The first-order chi connectivity index (χ1) is 13.2. The molecule has 0 fully saturated rings. The van der Waals surface area contributed by atoms with Crippen molar-refractivity contribution in [2.75, 3.05) is 0 Å². The first kappa shape index (κ1) is 20.2. The number of allylic oxidation sites excluding steroid dienone is 3. The predicted molar refractivity (Wildman–Crippen MR) is 109 cm³/mol. The lowest BCUT2D eigenvalue weighted by Crippen LogP contribution is -2.52. The fraction of sp³-hybridized carbons (Fsp3) is 0.435. The minimum Gasteiger partial charge on any atom is -0.321 e. The second-order valence-corrected chi connectivity index (χ2v) is 9.19. The van der Waals surface area contributed by atoms with Crippen LogP contribution in [-0.4, -0.2) is 6.04 Å². The molecule has 0 aromatic heterocycles. The Labute approximate surface area is 171 Å². The highest BCUT2D eigenvalue weighted by molar-refractivity contribution is 6.30. The molecule has 142 valence electrons. The molecule has 5 heteroatoms. The van der Waals surface area contributed by atoms with Crippen molar-refractivity contribution in [3.05, 3.63) is 58.1 Å². The lowest BCUT2D eigenvalue weighted by molar-refractivity contribution is 0.191. The first-order valence-corrected chi connectivity index (χ1v) is 9.73. The molecule has 0 radical (unpaired) electrons. The van der Waals surface area contributed by atoms with Crippen LogP contribution in [-0.2, 0) is 0 Å². The third-order valence-corrected chi connectivity index (χ3v) is 6.47. The highest BCUT2D eigenvalue weighted by Gasteiger charge is 2.56. The molecule has 0 saturated heterocycles. The van der Waals surface area contributed by atoms with E-state index in [1.54, 1.807) is 6.07 Å². The van der Waals surface area contributed by atoms with Crippen molar-refractivity contribution < 1.29 is 0 Å². The summed E-state index contributed by atoms with van der Waals surface area (Å²) in [5, 5.41) is 30.5. The van der Waals surface area contributed by atoms with Crippen LogP contribution in [0, 0.1) is 56.7 Å². The van der Waals surface area contributed by atoms with Gasteiger partial charge >= 0.3 is 0 Å². The van der Waals surface area contributed by atoms with Crippen molar-refractivity contribution in [1.82, 2.24) is 0 Å². The zero-order valence-corrected chi connectivity index (χ0v) is 17.0. The summed E-state index contributed by atoms with van der Waals surface area (Å²) in [5.74, 6) is -0.355. The standard InChI is InChI=1S/C23H23ClN4/c1-22(2,3)15-7-8-17-18(10-15)20(14-5-4-6-16(24)9-14)23(12-26,13-27)21(28)19(17)11-25/h4-9,15,18,20-21H,10,28H2,1-3H3/t15?,18-,20+,21?/m1/s1. The van der Waals surface area contributed by atoms with Gasteiger partial charge in [-0.3, -0.25) is 0 Å². The topological polar surface area (TPSA) is 97.4 Å². The molecule has 1 aromatic carbocycles. The average molecular weight is 391 g/mol. The molecule has 4 atom stereocenters. The van der Waals surface area contributed by atoms with Crippen LogP contribution in [0.5, 0.6) is 0 Å². The minimum absolute atomic E-state index is 0.0230. The molecule has 0 spiro atoms. The summed E-state index contributed by atoms with van der Waals surface area (Å²) in [4.78, 5) is 0. The van der Waals surface area contributed by atoms with E-state index in [1.807, 2.05) is 24.3 Å². The van der Waals surface area contributed by atoms with Gasteiger partial charge in [-0.05, 0) is 46.9 Å². The third kappa shape index (κ3) is 3.02. The lowest BCUT2D eigenvalue weighted by atomic mass is 9.53. The van der Waals surface area contributed by atoms with E-state index >= 15 is 0 Å². The quantitative estimate of drug-likeness (QED) is 0.740. The average Bonchev–Trinajstić information content (AvgIpc) is 2.66. The van der Waals surface area contributed by atoms with Gasteiger partial charge in [0.1, 0.15) is 0 Å². The Morgan fingerprint density at radius 3 is 2.39 bits per heavy atom. The second kappa shape index (κ2) is 7.10. The molecule has 2 unspecified atom stereocenters. The Morgan fingerprint density at radius 2 is 1.86 bits per heavy atom. The van der Waals surface area contributed by atoms with Crippen molar-refractivity contribution in [3.8, 4) is 18.2 Å². The number of benzene rings is 1. The summed E-state index contributed by atoms with van der Waals surface area (Å²) in [6, 6.07) is 12.9. The van der Waals surface area contributed by atoms with Crippen LogP contribution >= 0.6 is 11.6 Å². The van der Waals surface area contributed by atoms with Gasteiger partial charge in [-0.15, -0.1) is 0 Å². The molecule has 0 aliphatic heterocycles. The molecule has 0 heterocycles.